The van der Waals surface area contributed by atoms with Crippen molar-refractivity contribution in [2.24, 2.45) is 0 Å². The van der Waals surface area contributed by atoms with E-state index in [9.17, 15) is 9.18 Å². The standard InChI is InChI=1S/C20H22FN5O/c1-3-26-12-17-16(20(26)27)8-10-24-19(17)25-13(2)18(22)9-11-23-15-6-4-14(21)5-7-15/h4-11,13,22-23H,3,12H2,1-2H3,(H,24,25)/b11-9-,22-18?. The van der Waals surface area contributed by atoms with Gasteiger partial charge in [-0.3, -0.25) is 4.79 Å². The highest BCUT2D eigenvalue weighted by Gasteiger charge is 2.29. The van der Waals surface area contributed by atoms with E-state index in [2.05, 4.69) is 15.6 Å². The summed E-state index contributed by atoms with van der Waals surface area (Å²) in [4.78, 5) is 18.4. The lowest BCUT2D eigenvalue weighted by Gasteiger charge is -2.16. The van der Waals surface area contributed by atoms with Gasteiger partial charge in [-0.25, -0.2) is 9.37 Å². The van der Waals surface area contributed by atoms with Crippen molar-refractivity contribution < 1.29 is 9.18 Å². The lowest BCUT2D eigenvalue weighted by Crippen LogP contribution is -2.25. The first-order valence-corrected chi connectivity index (χ1v) is 8.80. The second kappa shape index (κ2) is 7.99. The summed E-state index contributed by atoms with van der Waals surface area (Å²) in [5, 5.41) is 14.4. The van der Waals surface area contributed by atoms with Crippen LogP contribution < -0.4 is 10.6 Å². The molecule has 0 aliphatic carbocycles. The maximum Gasteiger partial charge on any atom is 0.254 e. The fraction of sp³-hybridized carbons (Fsp3) is 0.250. The molecule has 2 heterocycles. The molecule has 0 bridgehead atoms. The van der Waals surface area contributed by atoms with Crippen molar-refractivity contribution in [1.82, 2.24) is 9.88 Å². The summed E-state index contributed by atoms with van der Waals surface area (Å²) in [5.41, 5.74) is 2.63. The van der Waals surface area contributed by atoms with Gasteiger partial charge in [0.1, 0.15) is 11.6 Å². The summed E-state index contributed by atoms with van der Waals surface area (Å²) in [6.07, 6.45) is 4.88. The molecule has 1 aliphatic heterocycles. The fourth-order valence-electron chi connectivity index (χ4n) is 2.87. The van der Waals surface area contributed by atoms with Gasteiger partial charge in [0.15, 0.2) is 0 Å². The predicted molar refractivity (Wildman–Crippen MR) is 105 cm³/mol. The molecule has 3 N–H and O–H groups in total. The van der Waals surface area contributed by atoms with Crippen molar-refractivity contribution in [3.05, 3.63) is 65.7 Å². The molecule has 140 valence electrons. The number of benzene rings is 1. The van der Waals surface area contributed by atoms with E-state index in [1.807, 2.05) is 13.8 Å². The summed E-state index contributed by atoms with van der Waals surface area (Å²) in [6, 6.07) is 7.43. The highest BCUT2D eigenvalue weighted by Crippen LogP contribution is 2.27. The third-order valence-electron chi connectivity index (χ3n) is 4.48. The fourth-order valence-corrected chi connectivity index (χ4v) is 2.87. The number of hydrogen-bond acceptors (Lipinski definition) is 5. The number of pyridine rings is 1. The van der Waals surface area contributed by atoms with Crippen LogP contribution in [0, 0.1) is 11.2 Å². The number of hydrogen-bond donors (Lipinski definition) is 3. The van der Waals surface area contributed by atoms with Gasteiger partial charge in [0.05, 0.1) is 18.3 Å². The molecule has 2 aromatic rings. The number of rotatable bonds is 7. The minimum absolute atomic E-state index is 0.0177. The first-order valence-electron chi connectivity index (χ1n) is 8.80. The first kappa shape index (κ1) is 18.6. The van der Waals surface area contributed by atoms with Crippen molar-refractivity contribution in [2.45, 2.75) is 26.4 Å². The van der Waals surface area contributed by atoms with Gasteiger partial charge in [-0.05, 0) is 50.3 Å². The smallest absolute Gasteiger partial charge is 0.254 e. The number of anilines is 2. The third-order valence-corrected chi connectivity index (χ3v) is 4.48. The van der Waals surface area contributed by atoms with Gasteiger partial charge in [0, 0.05) is 35.8 Å². The molecule has 27 heavy (non-hydrogen) atoms. The molecular formula is C20H22FN5O. The Kier molecular flexibility index (Phi) is 5.49. The Balaban J connectivity index is 1.63. The van der Waals surface area contributed by atoms with E-state index in [1.54, 1.807) is 41.6 Å². The Hall–Kier alpha value is -3.22. The normalized spacial score (nSPS) is 14.3. The van der Waals surface area contributed by atoms with Gasteiger partial charge < -0.3 is 20.9 Å². The Morgan fingerprint density at radius 3 is 2.81 bits per heavy atom. The van der Waals surface area contributed by atoms with Gasteiger partial charge in [-0.1, -0.05) is 0 Å². The molecular weight excluding hydrogens is 345 g/mol. The van der Waals surface area contributed by atoms with Crippen molar-refractivity contribution in [3.8, 4) is 0 Å². The van der Waals surface area contributed by atoms with Crippen LogP contribution in [0.1, 0.15) is 29.8 Å². The third kappa shape index (κ3) is 4.13. The number of aromatic nitrogens is 1. The Morgan fingerprint density at radius 2 is 2.11 bits per heavy atom. The number of nitrogens with zero attached hydrogens (tertiary/aromatic N) is 2. The van der Waals surface area contributed by atoms with E-state index in [1.165, 1.54) is 12.1 Å². The molecule has 0 saturated heterocycles. The van der Waals surface area contributed by atoms with Crippen molar-refractivity contribution in [1.29, 1.82) is 5.41 Å². The van der Waals surface area contributed by atoms with Crippen LogP contribution in [-0.4, -0.2) is 34.1 Å². The second-order valence-electron chi connectivity index (χ2n) is 6.31. The highest BCUT2D eigenvalue weighted by molar-refractivity contribution is 6.01. The maximum atomic E-state index is 12.9. The number of halogens is 1. The second-order valence-corrected chi connectivity index (χ2v) is 6.31. The van der Waals surface area contributed by atoms with Gasteiger partial charge >= 0.3 is 0 Å². The first-order chi connectivity index (χ1) is 13.0. The summed E-state index contributed by atoms with van der Waals surface area (Å²) in [7, 11) is 0. The summed E-state index contributed by atoms with van der Waals surface area (Å²) in [6.45, 7) is 4.99. The number of amides is 1. The van der Waals surface area contributed by atoms with Crippen LogP contribution in [0.2, 0.25) is 0 Å². The molecule has 0 saturated carbocycles. The summed E-state index contributed by atoms with van der Waals surface area (Å²) < 4.78 is 12.9. The zero-order valence-electron chi connectivity index (χ0n) is 15.3. The average molecular weight is 367 g/mol. The monoisotopic (exact) mass is 367 g/mol. The Bertz CT molecular complexity index is 878. The van der Waals surface area contributed by atoms with Crippen molar-refractivity contribution >= 4 is 23.1 Å². The lowest BCUT2D eigenvalue weighted by molar-refractivity contribution is 0.0787. The summed E-state index contributed by atoms with van der Waals surface area (Å²) >= 11 is 0. The maximum absolute atomic E-state index is 12.9. The van der Waals surface area contributed by atoms with E-state index in [-0.39, 0.29) is 17.8 Å². The van der Waals surface area contributed by atoms with Crippen molar-refractivity contribution in [2.75, 3.05) is 17.2 Å². The number of carbonyl (C=O) groups excluding carboxylic acids is 1. The van der Waals surface area contributed by atoms with Gasteiger partial charge in [0.25, 0.3) is 5.91 Å². The van der Waals surface area contributed by atoms with Crippen LogP contribution >= 0.6 is 0 Å². The Morgan fingerprint density at radius 1 is 1.37 bits per heavy atom. The summed E-state index contributed by atoms with van der Waals surface area (Å²) in [5.74, 6) is 0.358. The Labute approximate surface area is 157 Å². The quantitative estimate of drug-likeness (QED) is 0.653. The predicted octanol–water partition coefficient (Wildman–Crippen LogP) is 3.64. The zero-order chi connectivity index (χ0) is 19.4. The van der Waals surface area contributed by atoms with Crippen LogP contribution in [0.25, 0.3) is 0 Å². The SMILES string of the molecule is CCN1Cc2c(ccnc2NC(C)C(=N)/C=C\Nc2ccc(F)cc2)C1=O. The van der Waals surface area contributed by atoms with Crippen molar-refractivity contribution in [3.63, 3.8) is 0 Å². The molecule has 1 aromatic heterocycles. The van der Waals surface area contributed by atoms with E-state index < -0.39 is 0 Å². The van der Waals surface area contributed by atoms with Crippen LogP contribution in [0.3, 0.4) is 0 Å². The van der Waals surface area contributed by atoms with E-state index >= 15 is 0 Å². The average Bonchev–Trinajstić information content (AvgIpc) is 3.00. The van der Waals surface area contributed by atoms with Crippen LogP contribution in [0.4, 0.5) is 15.9 Å². The molecule has 1 unspecified atom stereocenters. The minimum atomic E-state index is -0.293. The lowest BCUT2D eigenvalue weighted by atomic mass is 10.1. The molecule has 1 amide bonds. The molecule has 0 radical (unpaired) electrons. The molecule has 3 rings (SSSR count). The molecule has 1 aliphatic rings. The number of nitrogens with one attached hydrogen (secondary N) is 3. The van der Waals surface area contributed by atoms with Gasteiger partial charge in [-0.2, -0.15) is 0 Å². The molecule has 1 aromatic carbocycles. The van der Waals surface area contributed by atoms with E-state index in [4.69, 9.17) is 5.41 Å². The number of carbonyl (C=O) groups is 1. The molecule has 0 spiro atoms. The van der Waals surface area contributed by atoms with Crippen LogP contribution in [0.15, 0.2) is 48.8 Å². The van der Waals surface area contributed by atoms with Crippen LogP contribution in [-0.2, 0) is 6.54 Å². The topological polar surface area (TPSA) is 81.1 Å². The highest BCUT2D eigenvalue weighted by atomic mass is 19.1. The zero-order valence-corrected chi connectivity index (χ0v) is 15.3. The molecule has 0 fully saturated rings. The minimum Gasteiger partial charge on any atom is -0.362 e. The molecule has 1 atom stereocenters. The van der Waals surface area contributed by atoms with Gasteiger partial charge in [-0.15, -0.1) is 0 Å². The van der Waals surface area contributed by atoms with Crippen LogP contribution in [0.5, 0.6) is 0 Å². The van der Waals surface area contributed by atoms with Gasteiger partial charge in [0.2, 0.25) is 0 Å². The molecule has 7 heteroatoms. The van der Waals surface area contributed by atoms with E-state index in [0.29, 0.717) is 30.2 Å². The number of fused-ring (bicyclic) bond motifs is 1. The van der Waals surface area contributed by atoms with E-state index in [0.717, 1.165) is 11.3 Å². The largest absolute Gasteiger partial charge is 0.362 e. The molecule has 6 nitrogen and oxygen atoms in total.